The SMILES string of the molecule is O=C(CCC1CCNC1)Nc1ccc(-c2ccn[nH]2)cc1. The number of nitrogens with zero attached hydrogens (tertiary/aromatic N) is 1. The highest BCUT2D eigenvalue weighted by atomic mass is 16.1. The second kappa shape index (κ2) is 6.54. The van der Waals surface area contributed by atoms with Crippen LogP contribution in [-0.2, 0) is 4.79 Å². The molecule has 0 saturated carbocycles. The molecule has 21 heavy (non-hydrogen) atoms. The van der Waals surface area contributed by atoms with Crippen LogP contribution in [0.15, 0.2) is 36.5 Å². The summed E-state index contributed by atoms with van der Waals surface area (Å²) in [7, 11) is 0. The van der Waals surface area contributed by atoms with Gasteiger partial charge in [-0.25, -0.2) is 0 Å². The van der Waals surface area contributed by atoms with Crippen LogP contribution in [0.25, 0.3) is 11.3 Å². The highest BCUT2D eigenvalue weighted by Gasteiger charge is 2.15. The van der Waals surface area contributed by atoms with Gasteiger partial charge in [0.25, 0.3) is 0 Å². The lowest BCUT2D eigenvalue weighted by molar-refractivity contribution is -0.116. The van der Waals surface area contributed by atoms with E-state index >= 15 is 0 Å². The average molecular weight is 284 g/mol. The second-order valence-electron chi connectivity index (χ2n) is 5.49. The predicted molar refractivity (Wildman–Crippen MR) is 82.9 cm³/mol. The van der Waals surface area contributed by atoms with Gasteiger partial charge in [-0.3, -0.25) is 9.89 Å². The highest BCUT2D eigenvalue weighted by molar-refractivity contribution is 5.90. The van der Waals surface area contributed by atoms with E-state index in [4.69, 9.17) is 0 Å². The Hall–Kier alpha value is -2.14. The van der Waals surface area contributed by atoms with Gasteiger partial charge in [-0.05, 0) is 55.6 Å². The smallest absolute Gasteiger partial charge is 0.224 e. The average Bonchev–Trinajstić information content (AvgIpc) is 3.19. The fraction of sp³-hybridized carbons (Fsp3) is 0.375. The molecule has 5 heteroatoms. The van der Waals surface area contributed by atoms with Crippen molar-refractivity contribution in [2.45, 2.75) is 19.3 Å². The number of carbonyl (C=O) groups is 1. The van der Waals surface area contributed by atoms with E-state index < -0.39 is 0 Å². The van der Waals surface area contributed by atoms with E-state index in [2.05, 4.69) is 20.8 Å². The van der Waals surface area contributed by atoms with E-state index in [9.17, 15) is 4.79 Å². The molecule has 110 valence electrons. The van der Waals surface area contributed by atoms with Crippen LogP contribution >= 0.6 is 0 Å². The van der Waals surface area contributed by atoms with Gasteiger partial charge in [-0.2, -0.15) is 5.10 Å². The molecule has 3 rings (SSSR count). The molecule has 1 saturated heterocycles. The summed E-state index contributed by atoms with van der Waals surface area (Å²) >= 11 is 0. The first-order valence-electron chi connectivity index (χ1n) is 7.41. The zero-order valence-corrected chi connectivity index (χ0v) is 11.9. The van der Waals surface area contributed by atoms with Crippen molar-refractivity contribution in [2.24, 2.45) is 5.92 Å². The number of anilines is 1. The Balaban J connectivity index is 1.51. The van der Waals surface area contributed by atoms with E-state index in [1.165, 1.54) is 6.42 Å². The number of H-pyrrole nitrogens is 1. The number of hydrogen-bond acceptors (Lipinski definition) is 3. The van der Waals surface area contributed by atoms with Gasteiger partial charge in [0.1, 0.15) is 0 Å². The maximum absolute atomic E-state index is 11.9. The van der Waals surface area contributed by atoms with Gasteiger partial charge < -0.3 is 10.6 Å². The van der Waals surface area contributed by atoms with Crippen molar-refractivity contribution in [3.8, 4) is 11.3 Å². The standard InChI is InChI=1S/C16H20N4O/c21-16(6-1-12-7-9-17-11-12)19-14-4-2-13(3-5-14)15-8-10-18-20-15/h2-5,8,10,12,17H,1,6-7,9,11H2,(H,18,20)(H,19,21). The van der Waals surface area contributed by atoms with Crippen molar-refractivity contribution in [1.29, 1.82) is 0 Å². The summed E-state index contributed by atoms with van der Waals surface area (Å²) < 4.78 is 0. The van der Waals surface area contributed by atoms with Crippen molar-refractivity contribution in [1.82, 2.24) is 15.5 Å². The molecule has 0 aliphatic carbocycles. The van der Waals surface area contributed by atoms with Gasteiger partial charge in [-0.1, -0.05) is 12.1 Å². The molecule has 1 aromatic heterocycles. The van der Waals surface area contributed by atoms with Crippen LogP contribution in [0.5, 0.6) is 0 Å². The normalized spacial score (nSPS) is 17.8. The van der Waals surface area contributed by atoms with Crippen LogP contribution in [-0.4, -0.2) is 29.2 Å². The lowest BCUT2D eigenvalue weighted by Crippen LogP contribution is -2.14. The Morgan fingerprint density at radius 2 is 2.14 bits per heavy atom. The predicted octanol–water partition coefficient (Wildman–Crippen LogP) is 2.40. The van der Waals surface area contributed by atoms with E-state index in [-0.39, 0.29) is 5.91 Å². The number of aromatic nitrogens is 2. The maximum Gasteiger partial charge on any atom is 0.224 e. The number of rotatable bonds is 5. The Kier molecular flexibility index (Phi) is 4.31. The Bertz CT molecular complexity index is 571. The summed E-state index contributed by atoms with van der Waals surface area (Å²) in [6, 6.07) is 9.72. The van der Waals surface area contributed by atoms with E-state index in [0.717, 1.165) is 36.5 Å². The van der Waals surface area contributed by atoms with Gasteiger partial charge in [0.15, 0.2) is 0 Å². The lowest BCUT2D eigenvalue weighted by Gasteiger charge is -2.09. The number of nitrogens with one attached hydrogen (secondary N) is 3. The molecule has 1 fully saturated rings. The summed E-state index contributed by atoms with van der Waals surface area (Å²) in [6.07, 6.45) is 4.47. The molecule has 0 radical (unpaired) electrons. The molecule has 0 spiro atoms. The number of hydrogen-bond donors (Lipinski definition) is 3. The molecule has 1 unspecified atom stereocenters. The third-order valence-corrected chi connectivity index (χ3v) is 3.92. The molecule has 2 heterocycles. The minimum Gasteiger partial charge on any atom is -0.326 e. The highest BCUT2D eigenvalue weighted by Crippen LogP contribution is 2.19. The van der Waals surface area contributed by atoms with Gasteiger partial charge >= 0.3 is 0 Å². The molecule has 1 aromatic carbocycles. The fourth-order valence-electron chi connectivity index (χ4n) is 2.67. The van der Waals surface area contributed by atoms with Crippen molar-refractivity contribution < 1.29 is 4.79 Å². The molecule has 2 aromatic rings. The molecular formula is C16H20N4O. The van der Waals surface area contributed by atoms with Crippen LogP contribution in [0.1, 0.15) is 19.3 Å². The molecule has 0 bridgehead atoms. The summed E-state index contributed by atoms with van der Waals surface area (Å²) in [5.74, 6) is 0.745. The fourth-order valence-corrected chi connectivity index (χ4v) is 2.67. The Morgan fingerprint density at radius 1 is 1.29 bits per heavy atom. The van der Waals surface area contributed by atoms with Crippen LogP contribution in [0, 0.1) is 5.92 Å². The number of aromatic amines is 1. The molecule has 5 nitrogen and oxygen atoms in total. The third kappa shape index (κ3) is 3.70. The summed E-state index contributed by atoms with van der Waals surface area (Å²) in [6.45, 7) is 2.13. The van der Waals surface area contributed by atoms with Gasteiger partial charge in [0.05, 0.1) is 5.69 Å². The van der Waals surface area contributed by atoms with Crippen molar-refractivity contribution in [3.63, 3.8) is 0 Å². The van der Waals surface area contributed by atoms with Crippen LogP contribution in [0.4, 0.5) is 5.69 Å². The number of amides is 1. The molecular weight excluding hydrogens is 264 g/mol. The number of carbonyl (C=O) groups excluding carboxylic acids is 1. The molecule has 1 atom stereocenters. The molecule has 1 aliphatic rings. The first-order valence-corrected chi connectivity index (χ1v) is 7.41. The monoisotopic (exact) mass is 284 g/mol. The van der Waals surface area contributed by atoms with E-state index in [1.807, 2.05) is 30.3 Å². The van der Waals surface area contributed by atoms with Crippen molar-refractivity contribution in [2.75, 3.05) is 18.4 Å². The largest absolute Gasteiger partial charge is 0.326 e. The van der Waals surface area contributed by atoms with Crippen molar-refractivity contribution in [3.05, 3.63) is 36.5 Å². The summed E-state index contributed by atoms with van der Waals surface area (Å²) in [4.78, 5) is 11.9. The summed E-state index contributed by atoms with van der Waals surface area (Å²) in [5.41, 5.74) is 2.87. The van der Waals surface area contributed by atoms with Crippen LogP contribution < -0.4 is 10.6 Å². The quantitative estimate of drug-likeness (QED) is 0.789. The molecule has 1 aliphatic heterocycles. The minimum absolute atomic E-state index is 0.0937. The second-order valence-corrected chi connectivity index (χ2v) is 5.49. The van der Waals surface area contributed by atoms with Crippen LogP contribution in [0.3, 0.4) is 0 Å². The Labute approximate surface area is 124 Å². The molecule has 3 N–H and O–H groups in total. The van der Waals surface area contributed by atoms with E-state index in [1.54, 1.807) is 6.20 Å². The topological polar surface area (TPSA) is 69.8 Å². The maximum atomic E-state index is 11.9. The number of benzene rings is 1. The third-order valence-electron chi connectivity index (χ3n) is 3.92. The lowest BCUT2D eigenvalue weighted by atomic mass is 10.0. The van der Waals surface area contributed by atoms with Gasteiger partial charge in [0.2, 0.25) is 5.91 Å². The summed E-state index contributed by atoms with van der Waals surface area (Å²) in [5, 5.41) is 13.1. The first-order chi connectivity index (χ1) is 10.3. The Morgan fingerprint density at radius 3 is 2.81 bits per heavy atom. The zero-order chi connectivity index (χ0) is 14.5. The zero-order valence-electron chi connectivity index (χ0n) is 11.9. The minimum atomic E-state index is 0.0937. The van der Waals surface area contributed by atoms with Gasteiger partial charge in [-0.15, -0.1) is 0 Å². The van der Waals surface area contributed by atoms with Crippen LogP contribution in [0.2, 0.25) is 0 Å². The molecule has 1 amide bonds. The van der Waals surface area contributed by atoms with Gasteiger partial charge in [0, 0.05) is 18.3 Å². The first kappa shape index (κ1) is 13.8. The van der Waals surface area contributed by atoms with Crippen molar-refractivity contribution >= 4 is 11.6 Å². The van der Waals surface area contributed by atoms with E-state index in [0.29, 0.717) is 12.3 Å².